The summed E-state index contributed by atoms with van der Waals surface area (Å²) in [4.78, 5) is 31.4. The molecule has 3 fully saturated rings. The molecule has 0 spiro atoms. The minimum absolute atomic E-state index is 0.0882. The fourth-order valence-corrected chi connectivity index (χ4v) is 7.27. The molecule has 1 amide bonds. The quantitative estimate of drug-likeness (QED) is 0.0902. The van der Waals surface area contributed by atoms with Crippen LogP contribution in [0.25, 0.3) is 0 Å². The third-order valence-electron chi connectivity index (χ3n) is 9.48. The Kier molecular flexibility index (Phi) is 11.0. The zero-order valence-electron chi connectivity index (χ0n) is 28.1. The number of rotatable bonds is 11. The lowest BCUT2D eigenvalue weighted by Gasteiger charge is -2.44. The van der Waals surface area contributed by atoms with E-state index in [2.05, 4.69) is 4.90 Å². The Morgan fingerprint density at radius 2 is 1.64 bits per heavy atom. The molecule has 1 aromatic heterocycles. The Morgan fingerprint density at radius 1 is 0.960 bits per heavy atom. The lowest BCUT2D eigenvalue weighted by Crippen LogP contribution is -2.53. The van der Waals surface area contributed by atoms with Crippen LogP contribution < -0.4 is 19.1 Å². The van der Waals surface area contributed by atoms with Crippen LogP contribution in [0, 0.1) is 18.0 Å². The highest BCUT2D eigenvalue weighted by molar-refractivity contribution is 6.35. The molecular formula is C38H39Cl2N3O7. The summed E-state index contributed by atoms with van der Waals surface area (Å²) in [7, 11) is 3.04. The number of fused-ring (bicyclic) bond motifs is 3. The Morgan fingerprint density at radius 3 is 2.26 bits per heavy atom. The third kappa shape index (κ3) is 7.93. The van der Waals surface area contributed by atoms with Crippen LogP contribution in [0.5, 0.6) is 11.5 Å². The van der Waals surface area contributed by atoms with Gasteiger partial charge in [0.1, 0.15) is 22.3 Å². The lowest BCUT2D eigenvalue weighted by molar-refractivity contribution is -0.605. The summed E-state index contributed by atoms with van der Waals surface area (Å²) in [5, 5.41) is 12.2. The van der Waals surface area contributed by atoms with E-state index < -0.39 is 12.1 Å². The molecule has 0 aliphatic carbocycles. The van der Waals surface area contributed by atoms with Gasteiger partial charge in [-0.05, 0) is 85.8 Å². The van der Waals surface area contributed by atoms with Crippen molar-refractivity contribution in [1.29, 1.82) is 0 Å². The van der Waals surface area contributed by atoms with Crippen molar-refractivity contribution in [1.82, 2.24) is 4.90 Å². The molecule has 4 aromatic rings. The number of methoxy groups -OCH3 is 2. The van der Waals surface area contributed by atoms with Gasteiger partial charge in [0, 0.05) is 18.5 Å². The van der Waals surface area contributed by atoms with E-state index in [9.17, 15) is 14.8 Å². The molecule has 3 aliphatic rings. The van der Waals surface area contributed by atoms with E-state index in [0.29, 0.717) is 38.8 Å². The van der Waals surface area contributed by atoms with Crippen LogP contribution in [0.4, 0.5) is 10.5 Å². The molecule has 10 nitrogen and oxygen atoms in total. The maximum absolute atomic E-state index is 13.7. The number of hydrogen-bond acceptors (Lipinski definition) is 8. The van der Waals surface area contributed by atoms with Gasteiger partial charge in [-0.2, -0.15) is 4.73 Å². The van der Waals surface area contributed by atoms with Crippen LogP contribution in [0.2, 0.25) is 10.0 Å². The van der Waals surface area contributed by atoms with Gasteiger partial charge in [-0.1, -0.05) is 59.6 Å². The zero-order chi connectivity index (χ0) is 35.4. The van der Waals surface area contributed by atoms with Gasteiger partial charge in [0.05, 0.1) is 32.0 Å². The van der Waals surface area contributed by atoms with Crippen molar-refractivity contribution in [2.45, 2.75) is 44.9 Å². The molecule has 0 radical (unpaired) electrons. The molecule has 2 bridgehead atoms. The van der Waals surface area contributed by atoms with Crippen LogP contribution in [-0.2, 0) is 22.4 Å². The van der Waals surface area contributed by atoms with Gasteiger partial charge >= 0.3 is 12.1 Å². The SMILES string of the molecule is COc1ccc([C@H](Cc2c(Cl)c[n+]([O-])cc2Cl)OC(=O)c2ccc(CN(C(=O)O[C@H]3CN4CCC3CC4)c3ccccc3C)cc2)cc1OC. The van der Waals surface area contributed by atoms with E-state index in [1.807, 2.05) is 31.2 Å². The topological polar surface area (TPSA) is 104 Å². The summed E-state index contributed by atoms with van der Waals surface area (Å²) < 4.78 is 23.6. The van der Waals surface area contributed by atoms with E-state index in [1.165, 1.54) is 26.6 Å². The molecule has 0 saturated carbocycles. The van der Waals surface area contributed by atoms with Crippen LogP contribution in [0.1, 0.15) is 51.6 Å². The van der Waals surface area contributed by atoms with E-state index >= 15 is 0 Å². The number of hydrogen-bond donors (Lipinski definition) is 0. The number of anilines is 1. The number of aryl methyl sites for hydroxylation is 1. The first-order valence-electron chi connectivity index (χ1n) is 16.5. The first-order valence-corrected chi connectivity index (χ1v) is 17.2. The number of benzene rings is 3. The average molecular weight is 721 g/mol. The van der Waals surface area contributed by atoms with Crippen molar-refractivity contribution in [2.24, 2.45) is 5.92 Å². The summed E-state index contributed by atoms with van der Waals surface area (Å²) in [6.07, 6.45) is 3.19. The Labute approximate surface area is 301 Å². The molecule has 3 aliphatic heterocycles. The van der Waals surface area contributed by atoms with Gasteiger partial charge in [0.2, 0.25) is 0 Å². The summed E-state index contributed by atoms with van der Waals surface area (Å²) in [6, 6.07) is 19.8. The molecule has 7 rings (SSSR count). The minimum Gasteiger partial charge on any atom is -0.619 e. The highest BCUT2D eigenvalue weighted by atomic mass is 35.5. The van der Waals surface area contributed by atoms with Crippen molar-refractivity contribution in [3.63, 3.8) is 0 Å². The van der Waals surface area contributed by atoms with Gasteiger partial charge in [0.25, 0.3) is 0 Å². The number of ether oxygens (including phenoxy) is 4. The van der Waals surface area contributed by atoms with Gasteiger partial charge in [-0.15, -0.1) is 0 Å². The number of para-hydroxylation sites is 1. The van der Waals surface area contributed by atoms with E-state index in [-0.39, 0.29) is 35.2 Å². The number of pyridine rings is 1. The first-order chi connectivity index (χ1) is 24.1. The number of halogens is 2. The number of carbonyl (C=O) groups excluding carboxylic acids is 2. The summed E-state index contributed by atoms with van der Waals surface area (Å²) in [5.41, 5.74) is 3.88. The monoisotopic (exact) mass is 719 g/mol. The van der Waals surface area contributed by atoms with Crippen molar-refractivity contribution >= 4 is 41.0 Å². The van der Waals surface area contributed by atoms with Crippen LogP contribution in [0.15, 0.2) is 79.1 Å². The number of nitrogens with zero attached hydrogens (tertiary/aromatic N) is 3. The fraction of sp³-hybridized carbons (Fsp3) is 0.342. The molecule has 3 saturated heterocycles. The normalized spacial score (nSPS) is 18.6. The molecule has 12 heteroatoms. The Balaban J connectivity index is 1.22. The van der Waals surface area contributed by atoms with Crippen LogP contribution >= 0.6 is 23.2 Å². The second-order valence-electron chi connectivity index (χ2n) is 12.6. The highest BCUT2D eigenvalue weighted by Crippen LogP contribution is 2.36. The van der Waals surface area contributed by atoms with Crippen LogP contribution in [-0.4, -0.2) is 56.9 Å². The number of piperidine rings is 3. The lowest BCUT2D eigenvalue weighted by atomic mass is 9.86. The minimum atomic E-state index is -0.850. The molecule has 2 atom stereocenters. The second kappa shape index (κ2) is 15.6. The van der Waals surface area contributed by atoms with E-state index in [1.54, 1.807) is 47.4 Å². The summed E-state index contributed by atoms with van der Waals surface area (Å²) in [5.74, 6) is 0.749. The summed E-state index contributed by atoms with van der Waals surface area (Å²) >= 11 is 12.8. The smallest absolute Gasteiger partial charge is 0.414 e. The molecule has 4 heterocycles. The zero-order valence-corrected chi connectivity index (χ0v) is 29.7. The maximum atomic E-state index is 13.7. The Hall–Kier alpha value is -4.51. The molecule has 3 aromatic carbocycles. The van der Waals surface area contributed by atoms with Gasteiger partial charge < -0.3 is 24.2 Å². The predicted molar refractivity (Wildman–Crippen MR) is 190 cm³/mol. The van der Waals surface area contributed by atoms with Crippen molar-refractivity contribution in [2.75, 3.05) is 38.8 Å². The molecule has 0 unspecified atom stereocenters. The Bertz CT molecular complexity index is 1820. The highest BCUT2D eigenvalue weighted by Gasteiger charge is 2.37. The fourth-order valence-electron chi connectivity index (χ4n) is 6.67. The molecule has 50 heavy (non-hydrogen) atoms. The number of carbonyl (C=O) groups is 2. The molecule has 262 valence electrons. The second-order valence-corrected chi connectivity index (χ2v) is 13.4. The number of amides is 1. The first kappa shape index (κ1) is 35.3. The molecule has 0 N–H and O–H groups in total. The van der Waals surface area contributed by atoms with Crippen molar-refractivity contribution in [3.05, 3.63) is 122 Å². The number of aromatic nitrogens is 1. The van der Waals surface area contributed by atoms with Crippen molar-refractivity contribution < 1.29 is 33.3 Å². The number of esters is 1. The van der Waals surface area contributed by atoms with Gasteiger partial charge in [0.15, 0.2) is 23.9 Å². The van der Waals surface area contributed by atoms with E-state index in [0.717, 1.165) is 49.3 Å². The van der Waals surface area contributed by atoms with Gasteiger partial charge in [-0.25, -0.2) is 9.59 Å². The summed E-state index contributed by atoms with van der Waals surface area (Å²) in [6.45, 7) is 5.09. The predicted octanol–water partition coefficient (Wildman–Crippen LogP) is 7.33. The van der Waals surface area contributed by atoms with E-state index in [4.69, 9.17) is 42.1 Å². The maximum Gasteiger partial charge on any atom is 0.414 e. The standard InChI is InChI=1S/C38H39Cl2N3O7/c1-24-6-4-5-7-32(24)43(38(45)50-36-23-41-16-14-26(36)15-17-41)20-25-8-10-27(11-9-25)37(44)49-34(19-29-30(39)21-42(46)22-31(29)40)28-12-13-33(47-2)35(18-28)48-3/h4-13,18,21-22,26,34,36H,14-17,19-20,23H2,1-3H3/t34-,36-/m0/s1. The van der Waals surface area contributed by atoms with Crippen molar-refractivity contribution in [3.8, 4) is 11.5 Å². The average Bonchev–Trinajstić information content (AvgIpc) is 3.12. The van der Waals surface area contributed by atoms with Gasteiger partial charge in [-0.3, -0.25) is 9.80 Å². The third-order valence-corrected chi connectivity index (χ3v) is 10.1. The van der Waals surface area contributed by atoms with Crippen LogP contribution in [0.3, 0.4) is 0 Å². The largest absolute Gasteiger partial charge is 0.619 e. The molecular weight excluding hydrogens is 681 g/mol.